The summed E-state index contributed by atoms with van der Waals surface area (Å²) in [5, 5.41) is 5.92. The molecule has 0 spiro atoms. The second-order valence-electron chi connectivity index (χ2n) is 11.8. The summed E-state index contributed by atoms with van der Waals surface area (Å²) < 4.78 is 5.40. The smallest absolute Gasteiger partial charge is 0.408 e. The number of nitrogens with zero attached hydrogens (tertiary/aromatic N) is 1. The molecule has 0 bridgehead atoms. The first-order chi connectivity index (χ1) is 19.0. The number of benzene rings is 2. The van der Waals surface area contributed by atoms with Crippen molar-refractivity contribution in [3.05, 3.63) is 64.2 Å². The second-order valence-corrected chi connectivity index (χ2v) is 12.2. The number of primary amides is 1. The molecule has 0 saturated heterocycles. The first kappa shape index (κ1) is 33.6. The van der Waals surface area contributed by atoms with Gasteiger partial charge in [-0.1, -0.05) is 60.5 Å². The zero-order valence-corrected chi connectivity index (χ0v) is 26.0. The monoisotopic (exact) mass is 586 g/mol. The molecule has 9 nitrogen and oxygen atoms in total. The Hall–Kier alpha value is -3.59. The molecule has 0 aliphatic rings. The summed E-state index contributed by atoms with van der Waals surface area (Å²) in [6.45, 7) is 14.4. The summed E-state index contributed by atoms with van der Waals surface area (Å²) >= 11 is 6.44. The van der Waals surface area contributed by atoms with Crippen molar-refractivity contribution in [2.45, 2.75) is 97.9 Å². The third-order valence-electron chi connectivity index (χ3n) is 6.76. The van der Waals surface area contributed by atoms with E-state index >= 15 is 0 Å². The van der Waals surface area contributed by atoms with Crippen LogP contribution in [0.2, 0.25) is 5.02 Å². The standard InChI is InChI=1S/C31H43ClN4O5/c1-9-31(7,8)36(28(39)23(16-17-24(33)37)34-29(40)41-30(4,5)6)26(21-14-10-12-19(2)18-21)27(38)35-25-20(3)13-11-15-22(25)32/h10-15,18,23,26H,9,16-17H2,1-8H3,(H2,33,37)(H,34,40)(H,35,38). The number of alkyl carbamates (subject to hydrolysis) is 1. The van der Waals surface area contributed by atoms with Crippen molar-refractivity contribution in [1.29, 1.82) is 0 Å². The number of rotatable bonds is 11. The number of carbonyl (C=O) groups excluding carboxylic acids is 4. The molecular formula is C31H43ClN4O5. The fourth-order valence-corrected chi connectivity index (χ4v) is 4.62. The van der Waals surface area contributed by atoms with Gasteiger partial charge >= 0.3 is 6.09 Å². The molecule has 2 atom stereocenters. The van der Waals surface area contributed by atoms with E-state index in [4.69, 9.17) is 22.1 Å². The van der Waals surface area contributed by atoms with Crippen LogP contribution in [0.1, 0.15) is 83.5 Å². The minimum Gasteiger partial charge on any atom is -0.444 e. The molecule has 2 aromatic carbocycles. The highest BCUT2D eigenvalue weighted by molar-refractivity contribution is 6.34. The van der Waals surface area contributed by atoms with Crippen LogP contribution < -0.4 is 16.4 Å². The van der Waals surface area contributed by atoms with Crippen LogP contribution in [0.25, 0.3) is 0 Å². The molecule has 0 heterocycles. The van der Waals surface area contributed by atoms with Gasteiger partial charge in [0, 0.05) is 12.0 Å². The molecule has 0 fully saturated rings. The Balaban J connectivity index is 2.69. The van der Waals surface area contributed by atoms with E-state index in [2.05, 4.69) is 10.6 Å². The minimum absolute atomic E-state index is 0.0739. The van der Waals surface area contributed by atoms with Gasteiger partial charge in [0.15, 0.2) is 0 Å². The molecule has 2 aromatic rings. The number of anilines is 1. The Bertz CT molecular complexity index is 1250. The van der Waals surface area contributed by atoms with Gasteiger partial charge in [0.05, 0.1) is 10.7 Å². The lowest BCUT2D eigenvalue weighted by molar-refractivity contribution is -0.148. The number of halogens is 1. The number of aryl methyl sites for hydroxylation is 2. The molecule has 0 aliphatic carbocycles. The van der Waals surface area contributed by atoms with Crippen LogP contribution in [0.5, 0.6) is 0 Å². The van der Waals surface area contributed by atoms with Crippen LogP contribution in [0.3, 0.4) is 0 Å². The molecule has 41 heavy (non-hydrogen) atoms. The maximum absolute atomic E-state index is 14.5. The van der Waals surface area contributed by atoms with Crippen molar-refractivity contribution in [3.8, 4) is 0 Å². The quantitative estimate of drug-likeness (QED) is 0.306. The predicted octanol–water partition coefficient (Wildman–Crippen LogP) is 5.81. The number of hydrogen-bond donors (Lipinski definition) is 3. The summed E-state index contributed by atoms with van der Waals surface area (Å²) in [6, 6.07) is 10.3. The highest BCUT2D eigenvalue weighted by Crippen LogP contribution is 2.35. The molecule has 4 amide bonds. The lowest BCUT2D eigenvalue weighted by Gasteiger charge is -2.44. The fourth-order valence-electron chi connectivity index (χ4n) is 4.35. The Kier molecular flexibility index (Phi) is 11.4. The summed E-state index contributed by atoms with van der Waals surface area (Å²) in [5.41, 5.74) is 6.40. The van der Waals surface area contributed by atoms with Crippen molar-refractivity contribution >= 4 is 41.1 Å². The highest BCUT2D eigenvalue weighted by atomic mass is 35.5. The number of carbonyl (C=O) groups is 4. The maximum atomic E-state index is 14.5. The van der Waals surface area contributed by atoms with Crippen molar-refractivity contribution in [2.24, 2.45) is 5.73 Å². The van der Waals surface area contributed by atoms with E-state index in [0.717, 1.165) is 11.1 Å². The third-order valence-corrected chi connectivity index (χ3v) is 7.07. The van der Waals surface area contributed by atoms with Gasteiger partial charge in [0.2, 0.25) is 11.8 Å². The molecule has 0 radical (unpaired) electrons. The van der Waals surface area contributed by atoms with Crippen molar-refractivity contribution < 1.29 is 23.9 Å². The molecule has 2 rings (SSSR count). The van der Waals surface area contributed by atoms with Crippen molar-refractivity contribution in [3.63, 3.8) is 0 Å². The largest absolute Gasteiger partial charge is 0.444 e. The van der Waals surface area contributed by atoms with Gasteiger partial charge < -0.3 is 26.0 Å². The van der Waals surface area contributed by atoms with Crippen molar-refractivity contribution in [2.75, 3.05) is 5.32 Å². The zero-order valence-electron chi connectivity index (χ0n) is 25.3. The van der Waals surface area contributed by atoms with Crippen molar-refractivity contribution in [1.82, 2.24) is 10.2 Å². The normalized spacial score (nSPS) is 13.1. The van der Waals surface area contributed by atoms with E-state index in [1.54, 1.807) is 39.0 Å². The minimum atomic E-state index is -1.19. The fraction of sp³-hybridized carbons (Fsp3) is 0.484. The molecule has 2 unspecified atom stereocenters. The molecule has 224 valence electrons. The first-order valence-electron chi connectivity index (χ1n) is 13.7. The summed E-state index contributed by atoms with van der Waals surface area (Å²) in [5.74, 6) is -1.66. The summed E-state index contributed by atoms with van der Waals surface area (Å²) in [7, 11) is 0. The van der Waals surface area contributed by atoms with Gasteiger partial charge in [-0.3, -0.25) is 14.4 Å². The number of para-hydroxylation sites is 1. The highest BCUT2D eigenvalue weighted by Gasteiger charge is 2.43. The van der Waals surface area contributed by atoms with Gasteiger partial charge in [0.25, 0.3) is 5.91 Å². The van der Waals surface area contributed by atoms with Gasteiger partial charge in [-0.25, -0.2) is 4.79 Å². The number of hydrogen-bond acceptors (Lipinski definition) is 5. The lowest BCUT2D eigenvalue weighted by Crippen LogP contribution is -2.59. The van der Waals surface area contributed by atoms with Crippen LogP contribution in [-0.2, 0) is 19.1 Å². The SMILES string of the molecule is CCC(C)(C)N(C(=O)C(CCC(N)=O)NC(=O)OC(C)(C)C)C(C(=O)Nc1c(C)cccc1Cl)c1cccc(C)c1. The van der Waals surface area contributed by atoms with Crippen LogP contribution in [0.4, 0.5) is 10.5 Å². The Morgan fingerprint density at radius 3 is 2.20 bits per heavy atom. The Morgan fingerprint density at radius 1 is 1.02 bits per heavy atom. The number of ether oxygens (including phenoxy) is 1. The zero-order chi connectivity index (χ0) is 31.1. The molecule has 10 heteroatoms. The predicted molar refractivity (Wildman–Crippen MR) is 162 cm³/mol. The van der Waals surface area contributed by atoms with Gasteiger partial charge in [0.1, 0.15) is 17.7 Å². The lowest BCUT2D eigenvalue weighted by atomic mass is 9.91. The van der Waals surface area contributed by atoms with Gasteiger partial charge in [-0.15, -0.1) is 0 Å². The topological polar surface area (TPSA) is 131 Å². The molecule has 0 aromatic heterocycles. The molecule has 0 saturated carbocycles. The van der Waals surface area contributed by atoms with E-state index in [1.807, 2.05) is 58.9 Å². The first-order valence-corrected chi connectivity index (χ1v) is 14.1. The maximum Gasteiger partial charge on any atom is 0.408 e. The number of nitrogens with two attached hydrogens (primary N) is 1. The third kappa shape index (κ3) is 9.49. The number of amides is 4. The van der Waals surface area contributed by atoms with Gasteiger partial charge in [-0.05, 0) is 78.5 Å². The van der Waals surface area contributed by atoms with E-state index < -0.39 is 47.0 Å². The Labute approximate surface area is 248 Å². The van der Waals surface area contributed by atoms with Crippen LogP contribution in [-0.4, -0.2) is 45.9 Å². The molecule has 4 N–H and O–H groups in total. The number of nitrogens with one attached hydrogen (secondary N) is 2. The second kappa shape index (κ2) is 13.9. The van der Waals surface area contributed by atoms with Gasteiger partial charge in [-0.2, -0.15) is 0 Å². The van der Waals surface area contributed by atoms with E-state index in [0.29, 0.717) is 22.7 Å². The van der Waals surface area contributed by atoms with E-state index in [9.17, 15) is 19.2 Å². The molecular weight excluding hydrogens is 544 g/mol. The van der Waals surface area contributed by atoms with E-state index in [-0.39, 0.29) is 12.8 Å². The molecule has 0 aliphatic heterocycles. The van der Waals surface area contributed by atoms with Crippen LogP contribution in [0.15, 0.2) is 42.5 Å². The van der Waals surface area contributed by atoms with E-state index in [1.165, 1.54) is 4.90 Å². The van der Waals surface area contributed by atoms with Crippen LogP contribution >= 0.6 is 11.6 Å². The average Bonchev–Trinajstić information content (AvgIpc) is 2.85. The Morgan fingerprint density at radius 2 is 1.66 bits per heavy atom. The average molecular weight is 587 g/mol. The summed E-state index contributed by atoms with van der Waals surface area (Å²) in [4.78, 5) is 54.6. The summed E-state index contributed by atoms with van der Waals surface area (Å²) in [6.07, 6.45) is -0.575. The van der Waals surface area contributed by atoms with Crippen LogP contribution in [0, 0.1) is 13.8 Å².